The van der Waals surface area contributed by atoms with Gasteiger partial charge >= 0.3 is 0 Å². The molecule has 1 aliphatic rings. The molecule has 1 aliphatic heterocycles. The molecule has 5 heteroatoms. The van der Waals surface area contributed by atoms with Gasteiger partial charge in [0.15, 0.2) is 11.6 Å². The van der Waals surface area contributed by atoms with Gasteiger partial charge in [0.05, 0.1) is 5.69 Å². The summed E-state index contributed by atoms with van der Waals surface area (Å²) in [4.78, 5) is 1.69. The van der Waals surface area contributed by atoms with Gasteiger partial charge in [0.1, 0.15) is 5.82 Å². The highest BCUT2D eigenvalue weighted by Gasteiger charge is 2.22. The van der Waals surface area contributed by atoms with E-state index in [9.17, 15) is 13.2 Å². The van der Waals surface area contributed by atoms with Crippen LogP contribution in [0.5, 0.6) is 0 Å². The summed E-state index contributed by atoms with van der Waals surface area (Å²) in [7, 11) is 0. The second-order valence-corrected chi connectivity index (χ2v) is 4.23. The molecular formula is C12H15F3N2. The van der Waals surface area contributed by atoms with E-state index in [0.29, 0.717) is 25.7 Å². The summed E-state index contributed by atoms with van der Waals surface area (Å²) in [6.45, 7) is 3.83. The molecule has 0 aliphatic carbocycles. The number of nitrogens with one attached hydrogen (secondary N) is 1. The average Bonchev–Trinajstić information content (AvgIpc) is 2.34. The maximum Gasteiger partial charge on any atom is 0.182 e. The van der Waals surface area contributed by atoms with Crippen LogP contribution in [0.15, 0.2) is 12.1 Å². The summed E-state index contributed by atoms with van der Waals surface area (Å²) in [5.41, 5.74) is 0.0162. The Hall–Kier alpha value is -1.23. The van der Waals surface area contributed by atoms with Crippen LogP contribution in [-0.4, -0.2) is 25.7 Å². The summed E-state index contributed by atoms with van der Waals surface area (Å²) < 4.78 is 39.8. The highest BCUT2D eigenvalue weighted by atomic mass is 19.2. The second kappa shape index (κ2) is 4.96. The van der Waals surface area contributed by atoms with E-state index < -0.39 is 17.5 Å². The van der Waals surface area contributed by atoms with Gasteiger partial charge in [-0.1, -0.05) is 6.92 Å². The van der Waals surface area contributed by atoms with Crippen molar-refractivity contribution in [3.8, 4) is 0 Å². The lowest BCUT2D eigenvalue weighted by atomic mass is 10.1. The zero-order chi connectivity index (χ0) is 12.4. The molecule has 1 heterocycles. The molecule has 1 atom stereocenters. The monoisotopic (exact) mass is 244 g/mol. The van der Waals surface area contributed by atoms with Crippen LogP contribution >= 0.6 is 0 Å². The highest BCUT2D eigenvalue weighted by molar-refractivity contribution is 5.49. The van der Waals surface area contributed by atoms with Gasteiger partial charge in [-0.25, -0.2) is 13.2 Å². The lowest BCUT2D eigenvalue weighted by Crippen LogP contribution is -2.50. The molecule has 0 saturated carbocycles. The predicted molar refractivity (Wildman–Crippen MR) is 60.6 cm³/mol. The third-order valence-electron chi connectivity index (χ3n) is 3.06. The molecule has 1 aromatic rings. The Morgan fingerprint density at radius 3 is 2.82 bits per heavy atom. The maximum atomic E-state index is 13.6. The molecule has 94 valence electrons. The molecule has 1 aromatic carbocycles. The molecule has 2 nitrogen and oxygen atoms in total. The minimum atomic E-state index is -1.13. The van der Waals surface area contributed by atoms with Crippen molar-refractivity contribution in [1.29, 1.82) is 0 Å². The molecule has 0 spiro atoms. The summed E-state index contributed by atoms with van der Waals surface area (Å²) in [5.74, 6) is -2.85. The van der Waals surface area contributed by atoms with E-state index in [2.05, 4.69) is 5.32 Å². The van der Waals surface area contributed by atoms with Gasteiger partial charge < -0.3 is 10.2 Å². The van der Waals surface area contributed by atoms with E-state index in [-0.39, 0.29) is 11.7 Å². The van der Waals surface area contributed by atoms with E-state index in [1.807, 2.05) is 6.92 Å². The molecule has 0 aromatic heterocycles. The lowest BCUT2D eigenvalue weighted by molar-refractivity contribution is 0.435. The lowest BCUT2D eigenvalue weighted by Gasteiger charge is -2.35. The normalized spacial score (nSPS) is 20.7. The Labute approximate surface area is 98.4 Å². The third-order valence-corrected chi connectivity index (χ3v) is 3.06. The number of nitrogens with zero attached hydrogens (tertiary/aromatic N) is 1. The molecule has 17 heavy (non-hydrogen) atoms. The third kappa shape index (κ3) is 2.54. The highest BCUT2D eigenvalue weighted by Crippen LogP contribution is 2.24. The van der Waals surface area contributed by atoms with Gasteiger partial charge in [-0.05, 0) is 6.42 Å². The number of anilines is 1. The summed E-state index contributed by atoms with van der Waals surface area (Å²) in [6, 6.07) is 1.85. The van der Waals surface area contributed by atoms with Crippen LogP contribution < -0.4 is 10.2 Å². The standard InChI is InChI=1S/C12H15F3N2/c1-2-9-7-17(4-3-16-9)11-6-8(13)5-10(14)12(11)15/h5-6,9,16H,2-4,7H2,1H3. The first-order valence-corrected chi connectivity index (χ1v) is 5.74. The summed E-state index contributed by atoms with van der Waals surface area (Å²) in [5, 5.41) is 3.27. The summed E-state index contributed by atoms with van der Waals surface area (Å²) in [6.07, 6.45) is 0.899. The molecule has 2 rings (SSSR count). The van der Waals surface area contributed by atoms with E-state index in [1.54, 1.807) is 4.90 Å². The fraction of sp³-hybridized carbons (Fsp3) is 0.500. The van der Waals surface area contributed by atoms with Crippen LogP contribution in [0, 0.1) is 17.5 Å². The fourth-order valence-electron chi connectivity index (χ4n) is 2.09. The van der Waals surface area contributed by atoms with Crippen molar-refractivity contribution in [1.82, 2.24) is 5.32 Å². The van der Waals surface area contributed by atoms with E-state index >= 15 is 0 Å². The van der Waals surface area contributed by atoms with Gasteiger partial charge in [-0.3, -0.25) is 0 Å². The van der Waals surface area contributed by atoms with Crippen LogP contribution in [0.25, 0.3) is 0 Å². The van der Waals surface area contributed by atoms with Gasteiger partial charge in [0.25, 0.3) is 0 Å². The number of halogens is 3. The van der Waals surface area contributed by atoms with Crippen molar-refractivity contribution in [2.45, 2.75) is 19.4 Å². The predicted octanol–water partition coefficient (Wildman–Crippen LogP) is 2.29. The van der Waals surface area contributed by atoms with Crippen LogP contribution in [0.4, 0.5) is 18.9 Å². The van der Waals surface area contributed by atoms with Gasteiger partial charge in [0, 0.05) is 37.8 Å². The maximum absolute atomic E-state index is 13.6. The van der Waals surface area contributed by atoms with Crippen molar-refractivity contribution in [2.24, 2.45) is 0 Å². The Morgan fingerprint density at radius 1 is 1.35 bits per heavy atom. The number of rotatable bonds is 2. The minimum absolute atomic E-state index is 0.0162. The van der Waals surface area contributed by atoms with Crippen LogP contribution in [-0.2, 0) is 0 Å². The minimum Gasteiger partial charge on any atom is -0.366 e. The van der Waals surface area contributed by atoms with Crippen molar-refractivity contribution >= 4 is 5.69 Å². The largest absolute Gasteiger partial charge is 0.366 e. The first kappa shape index (κ1) is 12.2. The second-order valence-electron chi connectivity index (χ2n) is 4.23. The fourth-order valence-corrected chi connectivity index (χ4v) is 2.09. The van der Waals surface area contributed by atoms with Crippen LogP contribution in [0.2, 0.25) is 0 Å². The molecule has 1 unspecified atom stereocenters. The summed E-state index contributed by atoms with van der Waals surface area (Å²) >= 11 is 0. The topological polar surface area (TPSA) is 15.3 Å². The number of hydrogen-bond acceptors (Lipinski definition) is 2. The Bertz CT molecular complexity index is 409. The van der Waals surface area contributed by atoms with Gasteiger partial charge in [-0.2, -0.15) is 0 Å². The van der Waals surface area contributed by atoms with E-state index in [0.717, 1.165) is 12.5 Å². The number of benzene rings is 1. The first-order chi connectivity index (χ1) is 8.11. The smallest absolute Gasteiger partial charge is 0.182 e. The average molecular weight is 244 g/mol. The zero-order valence-corrected chi connectivity index (χ0v) is 9.64. The van der Waals surface area contributed by atoms with Crippen molar-refractivity contribution in [3.63, 3.8) is 0 Å². The van der Waals surface area contributed by atoms with Gasteiger partial charge in [0.2, 0.25) is 0 Å². The number of piperazine rings is 1. The van der Waals surface area contributed by atoms with Crippen LogP contribution in [0.3, 0.4) is 0 Å². The van der Waals surface area contributed by atoms with Crippen molar-refractivity contribution in [2.75, 3.05) is 24.5 Å². The zero-order valence-electron chi connectivity index (χ0n) is 9.64. The molecular weight excluding hydrogens is 229 g/mol. The Balaban J connectivity index is 2.27. The van der Waals surface area contributed by atoms with Crippen LogP contribution in [0.1, 0.15) is 13.3 Å². The molecule has 1 saturated heterocycles. The molecule has 0 radical (unpaired) electrons. The molecule has 0 amide bonds. The first-order valence-electron chi connectivity index (χ1n) is 5.74. The van der Waals surface area contributed by atoms with E-state index in [1.165, 1.54) is 0 Å². The Kier molecular flexibility index (Phi) is 3.57. The molecule has 1 fully saturated rings. The van der Waals surface area contributed by atoms with Crippen molar-refractivity contribution in [3.05, 3.63) is 29.6 Å². The molecule has 0 bridgehead atoms. The van der Waals surface area contributed by atoms with Gasteiger partial charge in [-0.15, -0.1) is 0 Å². The number of hydrogen-bond donors (Lipinski definition) is 1. The Morgan fingerprint density at radius 2 is 2.12 bits per heavy atom. The van der Waals surface area contributed by atoms with Crippen molar-refractivity contribution < 1.29 is 13.2 Å². The SMILES string of the molecule is CCC1CN(c2cc(F)cc(F)c2F)CCN1. The quantitative estimate of drug-likeness (QED) is 0.803. The molecule has 1 N–H and O–H groups in total. The van der Waals surface area contributed by atoms with E-state index in [4.69, 9.17) is 0 Å².